The number of nitrogens with one attached hydrogen (secondary N) is 1. The van der Waals surface area contributed by atoms with Crippen molar-refractivity contribution in [2.24, 2.45) is 0 Å². The fraction of sp³-hybridized carbons (Fsp3) is 0. The highest BCUT2D eigenvalue weighted by atomic mass is 16.7. The van der Waals surface area contributed by atoms with Crippen LogP contribution in [0.1, 0.15) is 0 Å². The Morgan fingerprint density at radius 3 is 2.88 bits per heavy atom. The predicted molar refractivity (Wildman–Crippen MR) is 23.6 cm³/mol. The summed E-state index contributed by atoms with van der Waals surface area (Å²) in [4.78, 5) is 9.14. The average molecular weight is 115 g/mol. The number of hydrogen-bond acceptors (Lipinski definition) is 4. The molecule has 5 nitrogen and oxygen atoms in total. The second-order valence-corrected chi connectivity index (χ2v) is 1.14. The molecule has 0 amide bonds. The van der Waals surface area contributed by atoms with Gasteiger partial charge in [-0.2, -0.15) is 0 Å². The highest BCUT2D eigenvalue weighted by Crippen LogP contribution is 2.02. The Hall–Kier alpha value is -1.26. The monoisotopic (exact) mass is 115 g/mol. The molecule has 1 aliphatic rings. The third-order valence-corrected chi connectivity index (χ3v) is 0.634. The normalized spacial score (nSPS) is 16.2. The topological polar surface area (TPSA) is 64.4 Å². The molecule has 1 aliphatic heterocycles. The first-order valence-electron chi connectivity index (χ1n) is 1.89. The largest absolute Gasteiger partial charge is 0.446 e. The van der Waals surface area contributed by atoms with E-state index in [-0.39, 0.29) is 5.88 Å². The molecule has 0 aliphatic carbocycles. The minimum absolute atomic E-state index is 0.273. The van der Waals surface area contributed by atoms with Crippen LogP contribution in [0.2, 0.25) is 0 Å². The van der Waals surface area contributed by atoms with Gasteiger partial charge in [0.05, 0.1) is 0 Å². The molecule has 1 N–H and O–H groups in total. The van der Waals surface area contributed by atoms with E-state index in [9.17, 15) is 10.1 Å². The maximum atomic E-state index is 9.75. The third kappa shape index (κ3) is 0.699. The second kappa shape index (κ2) is 1.69. The summed E-state index contributed by atoms with van der Waals surface area (Å²) in [5, 5.41) is 12.2. The number of rotatable bonds is 1. The third-order valence-electron chi connectivity index (χ3n) is 0.634. The number of nitrogens with zero attached hydrogens (tertiary/aromatic N) is 1. The lowest BCUT2D eigenvalue weighted by Gasteiger charge is -1.86. The van der Waals surface area contributed by atoms with E-state index in [1.54, 1.807) is 0 Å². The zero-order chi connectivity index (χ0) is 5.98. The van der Waals surface area contributed by atoms with Gasteiger partial charge in [-0.05, 0) is 0 Å². The van der Waals surface area contributed by atoms with E-state index >= 15 is 0 Å². The van der Waals surface area contributed by atoms with Gasteiger partial charge in [0.2, 0.25) is 6.73 Å². The fourth-order valence-corrected chi connectivity index (χ4v) is 0.329. The summed E-state index contributed by atoms with van der Waals surface area (Å²) in [5.41, 5.74) is 0. The van der Waals surface area contributed by atoms with Gasteiger partial charge in [0, 0.05) is 0 Å². The van der Waals surface area contributed by atoms with Crippen LogP contribution in [0, 0.1) is 16.8 Å². The molecule has 0 aromatic carbocycles. The molecule has 0 unspecified atom stereocenters. The first-order chi connectivity index (χ1) is 3.80. The van der Waals surface area contributed by atoms with Crippen molar-refractivity contribution in [1.29, 1.82) is 0 Å². The lowest BCUT2D eigenvalue weighted by Crippen LogP contribution is -1.96. The Morgan fingerprint density at radius 2 is 2.62 bits per heavy atom. The van der Waals surface area contributed by atoms with Crippen LogP contribution in [-0.2, 0) is 4.74 Å². The molecule has 8 heavy (non-hydrogen) atoms. The number of nitro groups is 1. The van der Waals surface area contributed by atoms with Gasteiger partial charge in [0.15, 0.2) is 0 Å². The van der Waals surface area contributed by atoms with E-state index in [2.05, 4.69) is 10.1 Å². The van der Waals surface area contributed by atoms with Crippen molar-refractivity contribution in [3.05, 3.63) is 28.9 Å². The van der Waals surface area contributed by atoms with Gasteiger partial charge in [-0.3, -0.25) is 10.1 Å². The fourth-order valence-electron chi connectivity index (χ4n) is 0.329. The molecule has 43 valence electrons. The summed E-state index contributed by atoms with van der Waals surface area (Å²) >= 11 is 0. The molecule has 0 saturated heterocycles. The van der Waals surface area contributed by atoms with Crippen molar-refractivity contribution in [3.63, 3.8) is 0 Å². The summed E-state index contributed by atoms with van der Waals surface area (Å²) in [6.45, 7) is 1.14. The van der Waals surface area contributed by atoms with Gasteiger partial charge in [-0.15, -0.1) is 0 Å². The quantitative estimate of drug-likeness (QED) is 0.379. The average Bonchev–Trinajstić information content (AvgIpc) is 2.12. The van der Waals surface area contributed by atoms with Crippen LogP contribution in [0.25, 0.3) is 0 Å². The molecular weight excluding hydrogens is 112 g/mol. The van der Waals surface area contributed by atoms with Crippen molar-refractivity contribution in [1.82, 2.24) is 5.32 Å². The Balaban J connectivity index is 2.57. The SMILES string of the molecule is O=[N+]([O-])C1=CN[CH]O1. The van der Waals surface area contributed by atoms with Crippen LogP contribution < -0.4 is 5.32 Å². The lowest BCUT2D eigenvalue weighted by molar-refractivity contribution is -0.458. The van der Waals surface area contributed by atoms with Gasteiger partial charge in [0.1, 0.15) is 11.1 Å². The van der Waals surface area contributed by atoms with Crippen LogP contribution in [0.4, 0.5) is 0 Å². The van der Waals surface area contributed by atoms with Crippen molar-refractivity contribution >= 4 is 0 Å². The standard InChI is InChI=1S/C3H3N2O3/c6-5(7)3-1-4-2-8-3/h1-2,4H. The van der Waals surface area contributed by atoms with Crippen molar-refractivity contribution < 1.29 is 9.66 Å². The Kier molecular flexibility index (Phi) is 1.03. The Bertz CT molecular complexity index is 141. The molecule has 0 fully saturated rings. The first kappa shape index (κ1) is 4.89. The molecule has 0 spiro atoms. The zero-order valence-corrected chi connectivity index (χ0v) is 3.83. The Labute approximate surface area is 45.1 Å². The molecule has 1 radical (unpaired) electrons. The van der Waals surface area contributed by atoms with Gasteiger partial charge in [0.25, 0.3) is 0 Å². The first-order valence-corrected chi connectivity index (χ1v) is 1.89. The van der Waals surface area contributed by atoms with Gasteiger partial charge in [-0.1, -0.05) is 0 Å². The van der Waals surface area contributed by atoms with E-state index in [1.807, 2.05) is 0 Å². The van der Waals surface area contributed by atoms with Crippen molar-refractivity contribution in [2.45, 2.75) is 0 Å². The van der Waals surface area contributed by atoms with E-state index in [0.717, 1.165) is 6.73 Å². The second-order valence-electron chi connectivity index (χ2n) is 1.14. The summed E-state index contributed by atoms with van der Waals surface area (Å²) in [5.74, 6) is -0.273. The van der Waals surface area contributed by atoms with Crippen LogP contribution in [0.3, 0.4) is 0 Å². The van der Waals surface area contributed by atoms with Crippen molar-refractivity contribution in [3.8, 4) is 0 Å². The number of hydrogen-bond donors (Lipinski definition) is 1. The van der Waals surface area contributed by atoms with E-state index < -0.39 is 4.92 Å². The molecule has 0 aromatic heterocycles. The summed E-state index contributed by atoms with van der Waals surface area (Å²) in [7, 11) is 0. The summed E-state index contributed by atoms with van der Waals surface area (Å²) < 4.78 is 4.34. The molecule has 1 rings (SSSR count). The highest BCUT2D eigenvalue weighted by Gasteiger charge is 2.16. The molecule has 0 atom stereocenters. The van der Waals surface area contributed by atoms with Crippen molar-refractivity contribution in [2.75, 3.05) is 0 Å². The van der Waals surface area contributed by atoms with E-state index in [4.69, 9.17) is 0 Å². The number of ether oxygens (including phenoxy) is 1. The Morgan fingerprint density at radius 1 is 1.88 bits per heavy atom. The summed E-state index contributed by atoms with van der Waals surface area (Å²) in [6, 6.07) is 0. The van der Waals surface area contributed by atoms with Crippen LogP contribution in [-0.4, -0.2) is 4.92 Å². The van der Waals surface area contributed by atoms with Gasteiger partial charge in [-0.25, -0.2) is 0 Å². The lowest BCUT2D eigenvalue weighted by atomic mass is 10.9. The van der Waals surface area contributed by atoms with Gasteiger partial charge < -0.3 is 10.1 Å². The maximum absolute atomic E-state index is 9.75. The molecule has 0 saturated carbocycles. The summed E-state index contributed by atoms with van der Waals surface area (Å²) in [6.07, 6.45) is 1.17. The highest BCUT2D eigenvalue weighted by molar-refractivity contribution is 4.88. The maximum Gasteiger partial charge on any atom is 0.446 e. The van der Waals surface area contributed by atoms with E-state index in [0.29, 0.717) is 0 Å². The van der Waals surface area contributed by atoms with Crippen LogP contribution in [0.15, 0.2) is 12.1 Å². The van der Waals surface area contributed by atoms with Crippen LogP contribution >= 0.6 is 0 Å². The molecule has 1 heterocycles. The minimum atomic E-state index is -0.615. The zero-order valence-electron chi connectivity index (χ0n) is 3.83. The molecule has 0 aromatic rings. The smallest absolute Gasteiger partial charge is 0.409 e. The minimum Gasteiger partial charge on any atom is -0.409 e. The van der Waals surface area contributed by atoms with Crippen LogP contribution in [0.5, 0.6) is 0 Å². The van der Waals surface area contributed by atoms with Gasteiger partial charge >= 0.3 is 5.88 Å². The predicted octanol–water partition coefficient (Wildman–Crippen LogP) is -0.199. The molecular formula is C3H3N2O3. The molecule has 5 heteroatoms. The van der Waals surface area contributed by atoms with E-state index in [1.165, 1.54) is 6.20 Å². The molecule has 0 bridgehead atoms.